The Morgan fingerprint density at radius 2 is 1.77 bits per heavy atom. The maximum Gasteiger partial charge on any atom is 0.303 e. The minimum Gasteiger partial charge on any atom is -0.508 e. The molecule has 0 radical (unpaired) electrons. The average molecular weight is 433 g/mol. The Balaban J connectivity index is 1.77. The first-order valence-electron chi connectivity index (χ1n) is 10.3. The quantitative estimate of drug-likeness (QED) is 0.324. The van der Waals surface area contributed by atoms with Crippen LogP contribution in [0.5, 0.6) is 17.2 Å². The van der Waals surface area contributed by atoms with Crippen molar-refractivity contribution in [3.8, 4) is 27.7 Å². The average Bonchev–Trinajstić information content (AvgIpc) is 3.10. The molecule has 0 aliphatic heterocycles. The first kappa shape index (κ1) is 20.9. The molecule has 0 saturated carbocycles. The van der Waals surface area contributed by atoms with Gasteiger partial charge in [-0.2, -0.15) is 0 Å². The largest absolute Gasteiger partial charge is 0.508 e. The monoisotopic (exact) mass is 432 g/mol. The molecule has 0 unspecified atom stereocenters. The summed E-state index contributed by atoms with van der Waals surface area (Å²) >= 11 is 1.61. The van der Waals surface area contributed by atoms with E-state index in [1.807, 2.05) is 42.5 Å². The lowest BCUT2D eigenvalue weighted by atomic mass is 9.96. The highest BCUT2D eigenvalue weighted by Gasteiger charge is 2.20. The molecule has 0 amide bonds. The van der Waals surface area contributed by atoms with E-state index >= 15 is 0 Å². The smallest absolute Gasteiger partial charge is 0.303 e. The van der Waals surface area contributed by atoms with E-state index in [0.717, 1.165) is 31.8 Å². The summed E-state index contributed by atoms with van der Waals surface area (Å²) < 4.78 is 7.34. The van der Waals surface area contributed by atoms with Crippen LogP contribution in [-0.4, -0.2) is 16.2 Å². The molecular formula is C26H24O4S. The number of fused-ring (bicyclic) bond motifs is 1. The molecule has 5 heteroatoms. The minimum atomic E-state index is -0.804. The van der Waals surface area contributed by atoms with Crippen molar-refractivity contribution in [3.63, 3.8) is 0 Å². The number of carbonyl (C=O) groups is 1. The standard InChI is InChI=1S/C26H24O4S/c1-16(2)20-5-3-4-6-21(20)26-25(22-13-10-18(27)15-23(22)31-26)30-19-11-7-17(8-12-19)9-14-24(28)29/h3-8,10-13,15-16,27H,9,14H2,1-2H3,(H,28,29). The van der Waals surface area contributed by atoms with Crippen molar-refractivity contribution in [2.24, 2.45) is 0 Å². The second-order valence-electron chi connectivity index (χ2n) is 7.82. The van der Waals surface area contributed by atoms with Crippen LogP contribution < -0.4 is 4.74 Å². The van der Waals surface area contributed by atoms with Crippen LogP contribution in [0.15, 0.2) is 66.7 Å². The first-order chi connectivity index (χ1) is 14.9. The van der Waals surface area contributed by atoms with Crippen LogP contribution in [0.1, 0.15) is 37.3 Å². The highest BCUT2D eigenvalue weighted by Crippen LogP contribution is 2.48. The molecule has 1 heterocycles. The Hall–Kier alpha value is -3.31. The number of aryl methyl sites for hydroxylation is 1. The zero-order valence-corrected chi connectivity index (χ0v) is 18.3. The van der Waals surface area contributed by atoms with Crippen LogP contribution >= 0.6 is 11.3 Å². The van der Waals surface area contributed by atoms with E-state index in [9.17, 15) is 9.90 Å². The number of aromatic hydroxyl groups is 1. The molecule has 0 saturated heterocycles. The van der Waals surface area contributed by atoms with Crippen molar-refractivity contribution in [2.75, 3.05) is 0 Å². The molecule has 4 nitrogen and oxygen atoms in total. The van der Waals surface area contributed by atoms with Gasteiger partial charge in [-0.3, -0.25) is 4.79 Å². The van der Waals surface area contributed by atoms with Gasteiger partial charge in [0.1, 0.15) is 11.5 Å². The van der Waals surface area contributed by atoms with Gasteiger partial charge in [-0.15, -0.1) is 11.3 Å². The minimum absolute atomic E-state index is 0.106. The summed E-state index contributed by atoms with van der Waals surface area (Å²) in [7, 11) is 0. The molecule has 0 atom stereocenters. The summed E-state index contributed by atoms with van der Waals surface area (Å²) in [4.78, 5) is 11.8. The molecule has 3 aromatic carbocycles. The number of aliphatic carboxylic acids is 1. The number of carboxylic acids is 1. The normalized spacial score (nSPS) is 11.2. The van der Waals surface area contributed by atoms with Crippen LogP contribution in [0.3, 0.4) is 0 Å². The molecule has 0 aliphatic rings. The summed E-state index contributed by atoms with van der Waals surface area (Å²) in [5.74, 6) is 1.24. The molecule has 158 valence electrons. The molecule has 0 aliphatic carbocycles. The van der Waals surface area contributed by atoms with Crippen LogP contribution in [0.4, 0.5) is 0 Å². The number of hydrogen-bond acceptors (Lipinski definition) is 4. The molecule has 0 fully saturated rings. The van der Waals surface area contributed by atoms with E-state index in [1.54, 1.807) is 23.5 Å². The molecule has 0 spiro atoms. The van der Waals surface area contributed by atoms with E-state index in [0.29, 0.717) is 18.1 Å². The van der Waals surface area contributed by atoms with Crippen molar-refractivity contribution in [3.05, 3.63) is 77.9 Å². The number of rotatable bonds is 7. The molecule has 2 N–H and O–H groups in total. The van der Waals surface area contributed by atoms with E-state index in [2.05, 4.69) is 26.0 Å². The maximum atomic E-state index is 10.8. The summed E-state index contributed by atoms with van der Waals surface area (Å²) in [6.45, 7) is 4.35. The third-order valence-corrected chi connectivity index (χ3v) is 6.39. The number of thiophene rings is 1. The Morgan fingerprint density at radius 1 is 1.03 bits per heavy atom. The second kappa shape index (κ2) is 8.82. The highest BCUT2D eigenvalue weighted by atomic mass is 32.1. The molecule has 1 aromatic heterocycles. The van der Waals surface area contributed by atoms with Gasteiger partial charge < -0.3 is 14.9 Å². The number of benzene rings is 3. The summed E-state index contributed by atoms with van der Waals surface area (Å²) in [6.07, 6.45) is 0.596. The lowest BCUT2D eigenvalue weighted by molar-refractivity contribution is -0.136. The van der Waals surface area contributed by atoms with Crippen LogP contribution in [0, 0.1) is 0 Å². The highest BCUT2D eigenvalue weighted by molar-refractivity contribution is 7.22. The van der Waals surface area contributed by atoms with Gasteiger partial charge in [0.25, 0.3) is 0 Å². The zero-order chi connectivity index (χ0) is 22.0. The van der Waals surface area contributed by atoms with Crippen LogP contribution in [0.2, 0.25) is 0 Å². The van der Waals surface area contributed by atoms with Crippen molar-refractivity contribution in [1.82, 2.24) is 0 Å². The number of phenols is 1. The zero-order valence-electron chi connectivity index (χ0n) is 17.5. The Morgan fingerprint density at radius 3 is 2.48 bits per heavy atom. The van der Waals surface area contributed by atoms with Crippen LogP contribution in [-0.2, 0) is 11.2 Å². The summed E-state index contributed by atoms with van der Waals surface area (Å²) in [5.41, 5.74) is 3.33. The first-order valence-corrected chi connectivity index (χ1v) is 11.1. The molecular weight excluding hydrogens is 408 g/mol. The van der Waals surface area contributed by atoms with Crippen molar-refractivity contribution >= 4 is 27.4 Å². The van der Waals surface area contributed by atoms with Crippen molar-refractivity contribution < 1.29 is 19.7 Å². The van der Waals surface area contributed by atoms with Crippen LogP contribution in [0.25, 0.3) is 20.5 Å². The fraction of sp³-hybridized carbons (Fsp3) is 0.192. The Labute approximate surface area is 185 Å². The van der Waals surface area contributed by atoms with Gasteiger partial charge in [0.2, 0.25) is 0 Å². The summed E-state index contributed by atoms with van der Waals surface area (Å²) in [6, 6.07) is 21.2. The third kappa shape index (κ3) is 4.57. The van der Waals surface area contributed by atoms with E-state index in [1.165, 1.54) is 5.56 Å². The molecule has 0 bridgehead atoms. The van der Waals surface area contributed by atoms with Gasteiger partial charge in [-0.1, -0.05) is 50.2 Å². The van der Waals surface area contributed by atoms with Crippen molar-refractivity contribution in [1.29, 1.82) is 0 Å². The number of phenolic OH excluding ortho intramolecular Hbond substituents is 1. The lowest BCUT2D eigenvalue weighted by Gasteiger charge is -2.14. The SMILES string of the molecule is CC(C)c1ccccc1-c1sc2cc(O)ccc2c1Oc1ccc(CCC(=O)O)cc1. The number of ether oxygens (including phenoxy) is 1. The van der Waals surface area contributed by atoms with E-state index in [-0.39, 0.29) is 12.2 Å². The fourth-order valence-electron chi connectivity index (χ4n) is 3.64. The summed E-state index contributed by atoms with van der Waals surface area (Å²) in [5, 5.41) is 19.8. The van der Waals surface area contributed by atoms with E-state index < -0.39 is 5.97 Å². The predicted molar refractivity (Wildman–Crippen MR) is 125 cm³/mol. The lowest BCUT2D eigenvalue weighted by Crippen LogP contribution is -1.97. The predicted octanol–water partition coefficient (Wildman–Crippen LogP) is 7.21. The van der Waals surface area contributed by atoms with Gasteiger partial charge in [-0.05, 0) is 59.4 Å². The second-order valence-corrected chi connectivity index (χ2v) is 8.87. The molecule has 4 aromatic rings. The van der Waals surface area contributed by atoms with Gasteiger partial charge in [0.15, 0.2) is 5.75 Å². The van der Waals surface area contributed by atoms with Gasteiger partial charge in [0, 0.05) is 16.5 Å². The molecule has 31 heavy (non-hydrogen) atoms. The maximum absolute atomic E-state index is 10.8. The van der Waals surface area contributed by atoms with Gasteiger partial charge in [0.05, 0.1) is 4.88 Å². The van der Waals surface area contributed by atoms with Gasteiger partial charge >= 0.3 is 5.97 Å². The number of carboxylic acid groups (broad SMARTS) is 1. The van der Waals surface area contributed by atoms with E-state index in [4.69, 9.17) is 9.84 Å². The topological polar surface area (TPSA) is 66.8 Å². The van der Waals surface area contributed by atoms with Gasteiger partial charge in [-0.25, -0.2) is 0 Å². The molecule has 4 rings (SSSR count). The Bertz CT molecular complexity index is 1220. The van der Waals surface area contributed by atoms with Crippen molar-refractivity contribution in [2.45, 2.75) is 32.6 Å². The fourth-order valence-corrected chi connectivity index (χ4v) is 4.85. The number of hydrogen-bond donors (Lipinski definition) is 2. The third-order valence-electron chi connectivity index (χ3n) is 5.23. The Kier molecular flexibility index (Phi) is 5.96.